The second-order valence-corrected chi connectivity index (χ2v) is 7.39. The summed E-state index contributed by atoms with van der Waals surface area (Å²) >= 11 is 1.67. The first-order chi connectivity index (χ1) is 10.3. The summed E-state index contributed by atoms with van der Waals surface area (Å²) in [5, 5.41) is 0. The van der Waals surface area contributed by atoms with Crippen LogP contribution in [0.5, 0.6) is 0 Å². The van der Waals surface area contributed by atoms with E-state index in [0.29, 0.717) is 18.0 Å². The van der Waals surface area contributed by atoms with Gasteiger partial charge >= 0.3 is 5.97 Å². The van der Waals surface area contributed by atoms with Crippen LogP contribution in [0.2, 0.25) is 0 Å². The molecule has 22 heavy (non-hydrogen) atoms. The summed E-state index contributed by atoms with van der Waals surface area (Å²) in [4.78, 5) is 26.1. The number of benzene rings is 1. The van der Waals surface area contributed by atoms with Gasteiger partial charge in [-0.3, -0.25) is 14.5 Å². The Morgan fingerprint density at radius 2 is 2.00 bits per heavy atom. The van der Waals surface area contributed by atoms with Crippen molar-refractivity contribution in [2.24, 2.45) is 0 Å². The molecule has 1 aliphatic heterocycles. The van der Waals surface area contributed by atoms with Gasteiger partial charge in [0.25, 0.3) is 0 Å². The molecule has 1 unspecified atom stereocenters. The third-order valence-corrected chi connectivity index (χ3v) is 5.27. The lowest BCUT2D eigenvalue weighted by molar-refractivity contribution is -0.147. The highest BCUT2D eigenvalue weighted by molar-refractivity contribution is 8.00. The highest BCUT2D eigenvalue weighted by Gasteiger charge is 2.46. The summed E-state index contributed by atoms with van der Waals surface area (Å²) in [6, 6.07) is 5.16. The maximum absolute atomic E-state index is 12.9. The minimum Gasteiger partial charge on any atom is -0.468 e. The van der Waals surface area contributed by atoms with Crippen LogP contribution in [0.1, 0.15) is 30.6 Å². The molecular weight excluding hydrogens is 305 g/mol. The van der Waals surface area contributed by atoms with E-state index in [9.17, 15) is 14.0 Å². The zero-order valence-electron chi connectivity index (χ0n) is 13.0. The molecule has 6 heteroatoms. The number of hydrogen-bond acceptors (Lipinski definition) is 5. The van der Waals surface area contributed by atoms with Gasteiger partial charge in [0.2, 0.25) is 0 Å². The Kier molecular flexibility index (Phi) is 5.24. The average molecular weight is 325 g/mol. The third kappa shape index (κ3) is 3.67. The predicted octanol–water partition coefficient (Wildman–Crippen LogP) is 2.73. The Hall–Kier alpha value is -1.40. The van der Waals surface area contributed by atoms with Crippen LogP contribution in [0.4, 0.5) is 4.39 Å². The Bertz CT molecular complexity index is 559. The molecule has 1 aliphatic rings. The molecule has 0 saturated carbocycles. The number of thioether (sulfide) groups is 1. The molecule has 1 atom stereocenters. The molecule has 0 amide bonds. The number of nitrogens with zero attached hydrogens (tertiary/aromatic N) is 1. The molecule has 0 spiro atoms. The first kappa shape index (κ1) is 17.0. The van der Waals surface area contributed by atoms with Gasteiger partial charge < -0.3 is 4.74 Å². The number of esters is 1. The summed E-state index contributed by atoms with van der Waals surface area (Å²) < 4.78 is 17.5. The van der Waals surface area contributed by atoms with Crippen molar-refractivity contribution in [1.82, 2.24) is 4.90 Å². The summed E-state index contributed by atoms with van der Waals surface area (Å²) in [6.45, 7) is 4.48. The summed E-state index contributed by atoms with van der Waals surface area (Å²) in [7, 11) is 1.38. The van der Waals surface area contributed by atoms with Crippen molar-refractivity contribution in [2.45, 2.75) is 31.1 Å². The van der Waals surface area contributed by atoms with Crippen molar-refractivity contribution in [3.63, 3.8) is 0 Å². The number of carbonyl (C=O) groups is 2. The monoisotopic (exact) mass is 325 g/mol. The summed E-state index contributed by atoms with van der Waals surface area (Å²) in [5.74, 6) is -0.00809. The fourth-order valence-corrected chi connectivity index (χ4v) is 3.79. The zero-order valence-corrected chi connectivity index (χ0v) is 13.8. The number of halogens is 1. The second kappa shape index (κ2) is 6.79. The number of Topliss-reactive ketones (excluding diaryl/α,β-unsaturated/α-hetero) is 1. The molecule has 2 rings (SSSR count). The quantitative estimate of drug-likeness (QED) is 0.615. The first-order valence-corrected chi connectivity index (χ1v) is 8.08. The van der Waals surface area contributed by atoms with Gasteiger partial charge in [0.05, 0.1) is 7.11 Å². The highest BCUT2D eigenvalue weighted by atomic mass is 32.2. The van der Waals surface area contributed by atoms with E-state index >= 15 is 0 Å². The fourth-order valence-electron chi connectivity index (χ4n) is 2.61. The Labute approximate surface area is 134 Å². The number of ketones is 1. The molecule has 0 bridgehead atoms. The van der Waals surface area contributed by atoms with Gasteiger partial charge in [0.15, 0.2) is 5.78 Å². The van der Waals surface area contributed by atoms with Crippen molar-refractivity contribution in [1.29, 1.82) is 0 Å². The van der Waals surface area contributed by atoms with Gasteiger partial charge in [-0.1, -0.05) is 0 Å². The molecule has 120 valence electrons. The van der Waals surface area contributed by atoms with Crippen molar-refractivity contribution < 1.29 is 18.7 Å². The zero-order chi connectivity index (χ0) is 16.3. The van der Waals surface area contributed by atoms with Crippen LogP contribution < -0.4 is 0 Å². The van der Waals surface area contributed by atoms with Crippen molar-refractivity contribution in [3.05, 3.63) is 35.6 Å². The third-order valence-electron chi connectivity index (χ3n) is 3.84. The normalized spacial score (nSPS) is 20.8. The molecule has 1 aromatic rings. The van der Waals surface area contributed by atoms with Crippen molar-refractivity contribution in [3.8, 4) is 0 Å². The van der Waals surface area contributed by atoms with Crippen LogP contribution in [0.15, 0.2) is 24.3 Å². The van der Waals surface area contributed by atoms with Gasteiger partial charge in [0.1, 0.15) is 11.9 Å². The molecular formula is C16H20FNO3S. The van der Waals surface area contributed by atoms with E-state index in [1.807, 2.05) is 18.7 Å². The molecule has 0 aliphatic carbocycles. The molecule has 0 aromatic heterocycles. The van der Waals surface area contributed by atoms with Crippen molar-refractivity contribution >= 4 is 23.5 Å². The maximum Gasteiger partial charge on any atom is 0.324 e. The number of carbonyl (C=O) groups excluding carboxylic acids is 2. The Morgan fingerprint density at radius 1 is 1.36 bits per heavy atom. The molecule has 4 nitrogen and oxygen atoms in total. The highest BCUT2D eigenvalue weighted by Crippen LogP contribution is 2.39. The van der Waals surface area contributed by atoms with Gasteiger partial charge in [0, 0.05) is 29.2 Å². The predicted molar refractivity (Wildman–Crippen MR) is 84.4 cm³/mol. The number of rotatable bonds is 5. The topological polar surface area (TPSA) is 46.6 Å². The lowest BCUT2D eigenvalue weighted by atomic mass is 10.0. The number of ether oxygens (including phenoxy) is 1. The summed E-state index contributed by atoms with van der Waals surface area (Å²) in [5.41, 5.74) is 0.488. The minimum absolute atomic E-state index is 0.0571. The largest absolute Gasteiger partial charge is 0.468 e. The van der Waals surface area contributed by atoms with E-state index in [1.54, 1.807) is 11.8 Å². The van der Waals surface area contributed by atoms with E-state index in [1.165, 1.54) is 31.4 Å². The van der Waals surface area contributed by atoms with E-state index in [2.05, 4.69) is 0 Å². The van der Waals surface area contributed by atoms with Gasteiger partial charge in [-0.05, 0) is 38.1 Å². The SMILES string of the molecule is COC(=O)C1N(CCC(=O)c2ccc(F)cc2)CSC1(C)C. The summed E-state index contributed by atoms with van der Waals surface area (Å²) in [6.07, 6.45) is 0.287. The standard InChI is InChI=1S/C16H20FNO3S/c1-16(2)14(15(20)21-3)18(10-22-16)9-8-13(19)11-4-6-12(17)7-5-11/h4-7,14H,8-10H2,1-3H3. The molecule has 0 N–H and O–H groups in total. The molecule has 1 aromatic carbocycles. The minimum atomic E-state index is -0.361. The van der Waals surface area contributed by atoms with Crippen molar-refractivity contribution in [2.75, 3.05) is 19.5 Å². The molecule has 1 heterocycles. The lowest BCUT2D eigenvalue weighted by Gasteiger charge is -2.28. The number of methoxy groups -OCH3 is 1. The molecule has 0 radical (unpaired) electrons. The van der Waals surface area contributed by atoms with Crippen LogP contribution >= 0.6 is 11.8 Å². The van der Waals surface area contributed by atoms with Crippen LogP contribution in [-0.2, 0) is 9.53 Å². The molecule has 1 fully saturated rings. The van der Waals surface area contributed by atoms with E-state index in [4.69, 9.17) is 4.74 Å². The Balaban J connectivity index is 1.99. The second-order valence-electron chi connectivity index (χ2n) is 5.80. The van der Waals surface area contributed by atoms with Crippen LogP contribution in [0.25, 0.3) is 0 Å². The van der Waals surface area contributed by atoms with Crippen LogP contribution in [0, 0.1) is 5.82 Å². The van der Waals surface area contributed by atoms with Crippen LogP contribution in [-0.4, -0.2) is 47.0 Å². The molecule has 1 saturated heterocycles. The van der Waals surface area contributed by atoms with Crippen LogP contribution in [0.3, 0.4) is 0 Å². The smallest absolute Gasteiger partial charge is 0.324 e. The lowest BCUT2D eigenvalue weighted by Crippen LogP contribution is -2.47. The van der Waals surface area contributed by atoms with Gasteiger partial charge in [-0.15, -0.1) is 11.8 Å². The Morgan fingerprint density at radius 3 is 2.59 bits per heavy atom. The average Bonchev–Trinajstić information content (AvgIpc) is 2.79. The van der Waals surface area contributed by atoms with E-state index < -0.39 is 0 Å². The van der Waals surface area contributed by atoms with E-state index in [-0.39, 0.29) is 34.8 Å². The van der Waals surface area contributed by atoms with Gasteiger partial charge in [-0.25, -0.2) is 4.39 Å². The maximum atomic E-state index is 12.9. The first-order valence-electron chi connectivity index (χ1n) is 7.10. The fraction of sp³-hybridized carbons (Fsp3) is 0.500. The number of hydrogen-bond donors (Lipinski definition) is 0. The van der Waals surface area contributed by atoms with Gasteiger partial charge in [-0.2, -0.15) is 0 Å². The van der Waals surface area contributed by atoms with E-state index in [0.717, 1.165) is 0 Å².